The summed E-state index contributed by atoms with van der Waals surface area (Å²) in [5, 5.41) is 11.6. The van der Waals surface area contributed by atoms with Gasteiger partial charge in [-0.05, 0) is 51.5 Å². The Morgan fingerprint density at radius 2 is 2.17 bits per heavy atom. The Kier molecular flexibility index (Phi) is 4.00. The summed E-state index contributed by atoms with van der Waals surface area (Å²) in [4.78, 5) is 26.7. The number of thiophene rings is 1. The minimum Gasteiger partial charge on any atom is -0.350 e. The molecule has 1 atom stereocenters. The van der Waals surface area contributed by atoms with Crippen LogP contribution >= 0.6 is 11.3 Å². The van der Waals surface area contributed by atoms with Crippen LogP contribution in [0, 0.1) is 5.92 Å². The summed E-state index contributed by atoms with van der Waals surface area (Å²) >= 11 is 1.57. The first-order valence-corrected chi connectivity index (χ1v) is 8.75. The molecule has 0 saturated heterocycles. The number of amides is 1. The Morgan fingerprint density at radius 1 is 1.43 bits per heavy atom. The SMILES string of the molecule is C[C@@H]1CCc2c(sc3nnn(CC(=O)NC(C)(C)C)c(=O)c23)C1. The summed E-state index contributed by atoms with van der Waals surface area (Å²) in [6.07, 6.45) is 3.00. The minimum absolute atomic E-state index is 0.0972. The van der Waals surface area contributed by atoms with Gasteiger partial charge < -0.3 is 5.32 Å². The zero-order chi connectivity index (χ0) is 16.8. The predicted molar refractivity (Wildman–Crippen MR) is 90.8 cm³/mol. The number of carbonyl (C=O) groups excluding carboxylic acids is 1. The molecule has 0 spiro atoms. The van der Waals surface area contributed by atoms with Crippen LogP contribution in [0.3, 0.4) is 0 Å². The Hall–Kier alpha value is -1.76. The lowest BCUT2D eigenvalue weighted by atomic mass is 9.89. The number of rotatable bonds is 2. The molecule has 0 aromatic carbocycles. The van der Waals surface area contributed by atoms with Crippen LogP contribution in [0.1, 0.15) is 44.6 Å². The molecule has 0 radical (unpaired) electrons. The molecule has 0 fully saturated rings. The molecule has 1 amide bonds. The van der Waals surface area contributed by atoms with Crippen molar-refractivity contribution in [3.05, 3.63) is 20.8 Å². The quantitative estimate of drug-likeness (QED) is 0.910. The lowest BCUT2D eigenvalue weighted by Gasteiger charge is -2.20. The van der Waals surface area contributed by atoms with Gasteiger partial charge in [-0.25, -0.2) is 4.68 Å². The second-order valence-electron chi connectivity index (χ2n) is 7.38. The highest BCUT2D eigenvalue weighted by molar-refractivity contribution is 7.18. The van der Waals surface area contributed by atoms with Crippen molar-refractivity contribution in [1.29, 1.82) is 0 Å². The number of fused-ring (bicyclic) bond motifs is 3. The zero-order valence-electron chi connectivity index (χ0n) is 14.0. The van der Waals surface area contributed by atoms with E-state index >= 15 is 0 Å². The third kappa shape index (κ3) is 3.29. The molecule has 0 saturated carbocycles. The van der Waals surface area contributed by atoms with E-state index in [0.717, 1.165) is 24.8 Å². The minimum atomic E-state index is -0.337. The molecule has 1 aliphatic carbocycles. The van der Waals surface area contributed by atoms with Crippen LogP contribution in [0.15, 0.2) is 4.79 Å². The fraction of sp³-hybridized carbons (Fsp3) is 0.625. The molecule has 0 aliphatic heterocycles. The van der Waals surface area contributed by atoms with Crippen LogP contribution in [0.25, 0.3) is 10.2 Å². The number of carbonyl (C=O) groups is 1. The topological polar surface area (TPSA) is 76.9 Å². The van der Waals surface area contributed by atoms with E-state index in [1.807, 2.05) is 20.8 Å². The van der Waals surface area contributed by atoms with E-state index in [4.69, 9.17) is 0 Å². The predicted octanol–water partition coefficient (Wildman–Crippen LogP) is 1.89. The van der Waals surface area contributed by atoms with Gasteiger partial charge in [0, 0.05) is 10.4 Å². The van der Waals surface area contributed by atoms with E-state index in [-0.39, 0.29) is 23.6 Å². The summed E-state index contributed by atoms with van der Waals surface area (Å²) in [5.74, 6) is 0.411. The molecule has 2 aromatic rings. The van der Waals surface area contributed by atoms with Gasteiger partial charge in [0.05, 0.1) is 5.39 Å². The van der Waals surface area contributed by atoms with Crippen molar-refractivity contribution < 1.29 is 4.79 Å². The smallest absolute Gasteiger partial charge is 0.279 e. The first kappa shape index (κ1) is 16.1. The molecule has 7 heteroatoms. The van der Waals surface area contributed by atoms with Crippen LogP contribution < -0.4 is 10.9 Å². The third-order valence-electron chi connectivity index (χ3n) is 3.99. The van der Waals surface area contributed by atoms with Crippen molar-refractivity contribution in [2.45, 2.75) is 59.0 Å². The number of nitrogens with zero attached hydrogens (tertiary/aromatic N) is 3. The average Bonchev–Trinajstić information content (AvgIpc) is 2.78. The normalized spacial score (nSPS) is 18.0. The van der Waals surface area contributed by atoms with Crippen LogP contribution in [0.2, 0.25) is 0 Å². The van der Waals surface area contributed by atoms with E-state index in [0.29, 0.717) is 16.1 Å². The first-order valence-electron chi connectivity index (χ1n) is 7.93. The molecule has 124 valence electrons. The second-order valence-corrected chi connectivity index (χ2v) is 8.47. The fourth-order valence-electron chi connectivity index (χ4n) is 2.99. The molecule has 1 N–H and O–H groups in total. The van der Waals surface area contributed by atoms with Crippen molar-refractivity contribution >= 4 is 27.5 Å². The second kappa shape index (κ2) is 5.70. The van der Waals surface area contributed by atoms with Crippen LogP contribution in [-0.4, -0.2) is 26.4 Å². The maximum absolute atomic E-state index is 12.7. The van der Waals surface area contributed by atoms with Gasteiger partial charge in [-0.1, -0.05) is 12.1 Å². The Morgan fingerprint density at radius 3 is 2.87 bits per heavy atom. The van der Waals surface area contributed by atoms with Crippen molar-refractivity contribution in [1.82, 2.24) is 20.3 Å². The number of hydrogen-bond acceptors (Lipinski definition) is 5. The lowest BCUT2D eigenvalue weighted by molar-refractivity contribution is -0.123. The zero-order valence-corrected chi connectivity index (χ0v) is 14.8. The van der Waals surface area contributed by atoms with Gasteiger partial charge in [-0.15, -0.1) is 16.4 Å². The third-order valence-corrected chi connectivity index (χ3v) is 5.13. The largest absolute Gasteiger partial charge is 0.350 e. The molecule has 0 unspecified atom stereocenters. The van der Waals surface area contributed by atoms with Gasteiger partial charge in [0.2, 0.25) is 5.91 Å². The van der Waals surface area contributed by atoms with Gasteiger partial charge in [0.25, 0.3) is 5.56 Å². The van der Waals surface area contributed by atoms with Crippen molar-refractivity contribution in [2.24, 2.45) is 5.92 Å². The van der Waals surface area contributed by atoms with Gasteiger partial charge in [0.1, 0.15) is 6.54 Å². The van der Waals surface area contributed by atoms with Crippen LogP contribution in [0.4, 0.5) is 0 Å². The maximum Gasteiger partial charge on any atom is 0.279 e. The van der Waals surface area contributed by atoms with E-state index in [1.54, 1.807) is 11.3 Å². The highest BCUT2D eigenvalue weighted by atomic mass is 32.1. The number of aromatic nitrogens is 3. The Labute approximate surface area is 138 Å². The molecular formula is C16H22N4O2S. The van der Waals surface area contributed by atoms with Gasteiger partial charge >= 0.3 is 0 Å². The van der Waals surface area contributed by atoms with Crippen LogP contribution in [0.5, 0.6) is 0 Å². The lowest BCUT2D eigenvalue weighted by Crippen LogP contribution is -2.44. The van der Waals surface area contributed by atoms with Crippen molar-refractivity contribution in [3.63, 3.8) is 0 Å². The molecular weight excluding hydrogens is 312 g/mol. The molecule has 2 aromatic heterocycles. The molecule has 3 rings (SSSR count). The number of aryl methyl sites for hydroxylation is 1. The summed E-state index contributed by atoms with van der Waals surface area (Å²) in [6.45, 7) is 7.84. The monoisotopic (exact) mass is 334 g/mol. The summed E-state index contributed by atoms with van der Waals surface area (Å²) in [6, 6.07) is 0. The number of hydrogen-bond donors (Lipinski definition) is 1. The summed E-state index contributed by atoms with van der Waals surface area (Å²) in [5.41, 5.74) is 0.578. The summed E-state index contributed by atoms with van der Waals surface area (Å²) < 4.78 is 1.18. The highest BCUT2D eigenvalue weighted by Gasteiger charge is 2.24. The molecule has 6 nitrogen and oxygen atoms in total. The molecule has 23 heavy (non-hydrogen) atoms. The van der Waals surface area contributed by atoms with E-state index in [2.05, 4.69) is 22.6 Å². The van der Waals surface area contributed by atoms with Crippen molar-refractivity contribution in [2.75, 3.05) is 0 Å². The van der Waals surface area contributed by atoms with Gasteiger partial charge in [-0.2, -0.15) is 0 Å². The summed E-state index contributed by atoms with van der Waals surface area (Å²) in [7, 11) is 0. The Bertz CT molecular complexity index is 816. The average molecular weight is 334 g/mol. The van der Waals surface area contributed by atoms with E-state index in [9.17, 15) is 9.59 Å². The van der Waals surface area contributed by atoms with Crippen LogP contribution in [-0.2, 0) is 24.2 Å². The molecule has 2 heterocycles. The fourth-order valence-corrected chi connectivity index (χ4v) is 4.31. The Balaban J connectivity index is 1.96. The maximum atomic E-state index is 12.7. The molecule has 1 aliphatic rings. The van der Waals surface area contributed by atoms with E-state index in [1.165, 1.54) is 9.56 Å². The van der Waals surface area contributed by atoms with Crippen molar-refractivity contribution in [3.8, 4) is 0 Å². The number of nitrogens with one attached hydrogen (secondary N) is 1. The first-order chi connectivity index (χ1) is 10.7. The van der Waals surface area contributed by atoms with E-state index < -0.39 is 0 Å². The standard InChI is InChI=1S/C16H22N4O2S/c1-9-5-6-10-11(7-9)23-14-13(10)15(22)20(19-18-14)8-12(21)17-16(2,3)4/h9H,5-8H2,1-4H3,(H,17,21)/t9-/m1/s1. The van der Waals surface area contributed by atoms with Gasteiger partial charge in [0.15, 0.2) is 4.83 Å². The van der Waals surface area contributed by atoms with Gasteiger partial charge in [-0.3, -0.25) is 9.59 Å². The highest BCUT2D eigenvalue weighted by Crippen LogP contribution is 2.35. The molecule has 0 bridgehead atoms.